The zero-order chi connectivity index (χ0) is 14.0. The van der Waals surface area contributed by atoms with Gasteiger partial charge in [-0.2, -0.15) is 0 Å². The summed E-state index contributed by atoms with van der Waals surface area (Å²) in [5.41, 5.74) is 3.11. The fourth-order valence-corrected chi connectivity index (χ4v) is 2.35. The van der Waals surface area contributed by atoms with Crippen LogP contribution in [0.25, 0.3) is 5.76 Å². The molecule has 0 N–H and O–H groups in total. The molecule has 0 amide bonds. The Morgan fingerprint density at radius 3 is 2.89 bits per heavy atom. The van der Waals surface area contributed by atoms with E-state index in [2.05, 4.69) is 13.0 Å². The molecule has 3 heteroatoms. The summed E-state index contributed by atoms with van der Waals surface area (Å²) >= 11 is 0. The molecule has 0 fully saturated rings. The van der Waals surface area contributed by atoms with Gasteiger partial charge in [-0.15, -0.1) is 0 Å². The molecule has 0 spiro atoms. The Labute approximate surface area is 114 Å². The molecule has 0 radical (unpaired) electrons. The number of fused-ring (bicyclic) bond motifs is 1. The highest BCUT2D eigenvalue weighted by atomic mass is 16.5. The van der Waals surface area contributed by atoms with E-state index >= 15 is 0 Å². The number of ether oxygens (including phenoxy) is 2. The summed E-state index contributed by atoms with van der Waals surface area (Å²) < 4.78 is 10.9. The largest absolute Gasteiger partial charge is 0.487 e. The average molecular weight is 260 g/mol. The molecule has 3 nitrogen and oxygen atoms in total. The average Bonchev–Trinajstić information content (AvgIpc) is 2.26. The molecule has 1 aliphatic rings. The van der Waals surface area contributed by atoms with Gasteiger partial charge in [0.05, 0.1) is 12.7 Å². The van der Waals surface area contributed by atoms with Crippen molar-refractivity contribution in [2.75, 3.05) is 6.61 Å². The minimum absolute atomic E-state index is 0.306. The Morgan fingerprint density at radius 1 is 1.47 bits per heavy atom. The zero-order valence-corrected chi connectivity index (χ0v) is 11.9. The van der Waals surface area contributed by atoms with Crippen molar-refractivity contribution in [2.24, 2.45) is 0 Å². The summed E-state index contributed by atoms with van der Waals surface area (Å²) in [6.07, 6.45) is 2.28. The molecule has 2 rings (SSSR count). The van der Waals surface area contributed by atoms with Gasteiger partial charge in [0, 0.05) is 12.0 Å². The monoisotopic (exact) mass is 260 g/mol. The van der Waals surface area contributed by atoms with Gasteiger partial charge in [-0.3, -0.25) is 0 Å². The third-order valence-electron chi connectivity index (χ3n) is 3.06. The van der Waals surface area contributed by atoms with Gasteiger partial charge in [-0.05, 0) is 33.3 Å². The molecule has 0 unspecified atom stereocenters. The van der Waals surface area contributed by atoms with Crippen molar-refractivity contribution in [1.82, 2.24) is 0 Å². The van der Waals surface area contributed by atoms with Crippen molar-refractivity contribution in [3.8, 4) is 0 Å². The van der Waals surface area contributed by atoms with Crippen LogP contribution >= 0.6 is 0 Å². The molecule has 0 atom stereocenters. The number of aryl methyl sites for hydroxylation is 1. The zero-order valence-electron chi connectivity index (χ0n) is 11.9. The first-order valence-electron chi connectivity index (χ1n) is 6.58. The highest BCUT2D eigenvalue weighted by molar-refractivity contribution is 5.90. The summed E-state index contributed by atoms with van der Waals surface area (Å²) in [6, 6.07) is 6.18. The highest BCUT2D eigenvalue weighted by Gasteiger charge is 2.30. The van der Waals surface area contributed by atoms with E-state index in [4.69, 9.17) is 9.47 Å². The minimum atomic E-state index is -0.360. The molecule has 0 saturated heterocycles. The van der Waals surface area contributed by atoms with Crippen molar-refractivity contribution in [3.05, 3.63) is 41.0 Å². The number of esters is 1. The van der Waals surface area contributed by atoms with E-state index in [1.54, 1.807) is 6.92 Å². The molecular weight excluding hydrogens is 240 g/mol. The molecule has 1 aromatic rings. The van der Waals surface area contributed by atoms with Gasteiger partial charge >= 0.3 is 5.97 Å². The number of benzene rings is 1. The maximum absolute atomic E-state index is 11.6. The first-order chi connectivity index (χ1) is 8.91. The van der Waals surface area contributed by atoms with Gasteiger partial charge in [0.25, 0.3) is 0 Å². The molecule has 102 valence electrons. The van der Waals surface area contributed by atoms with Crippen LogP contribution in [-0.4, -0.2) is 18.2 Å². The van der Waals surface area contributed by atoms with E-state index in [9.17, 15) is 4.79 Å². The van der Waals surface area contributed by atoms with Crippen molar-refractivity contribution in [3.63, 3.8) is 0 Å². The first kappa shape index (κ1) is 13.7. The molecule has 0 aliphatic carbocycles. The van der Waals surface area contributed by atoms with Crippen LogP contribution in [0.15, 0.2) is 24.3 Å². The number of carbonyl (C=O) groups excluding carboxylic acids is 1. The number of hydrogen-bond donors (Lipinski definition) is 0. The molecule has 0 bridgehead atoms. The van der Waals surface area contributed by atoms with E-state index in [0.717, 1.165) is 12.0 Å². The Bertz CT molecular complexity index is 527. The molecule has 0 aromatic heterocycles. The van der Waals surface area contributed by atoms with Crippen LogP contribution in [0.1, 0.15) is 37.5 Å². The summed E-state index contributed by atoms with van der Waals surface area (Å²) in [6.45, 7) is 8.28. The molecule has 1 aromatic carbocycles. The second-order valence-electron chi connectivity index (χ2n) is 5.46. The lowest BCUT2D eigenvalue weighted by molar-refractivity contribution is -0.137. The molecule has 19 heavy (non-hydrogen) atoms. The van der Waals surface area contributed by atoms with E-state index in [1.165, 1.54) is 17.2 Å². The second kappa shape index (κ2) is 5.08. The Kier molecular flexibility index (Phi) is 3.65. The fourth-order valence-electron chi connectivity index (χ4n) is 2.35. The van der Waals surface area contributed by atoms with Gasteiger partial charge < -0.3 is 9.47 Å². The third kappa shape index (κ3) is 3.16. The summed E-state index contributed by atoms with van der Waals surface area (Å²) in [7, 11) is 0. The Balaban J connectivity index is 2.43. The van der Waals surface area contributed by atoms with Crippen LogP contribution < -0.4 is 0 Å². The van der Waals surface area contributed by atoms with Crippen LogP contribution in [0, 0.1) is 6.92 Å². The van der Waals surface area contributed by atoms with Crippen LogP contribution in [0.5, 0.6) is 0 Å². The van der Waals surface area contributed by atoms with Gasteiger partial charge in [0.15, 0.2) is 0 Å². The van der Waals surface area contributed by atoms with E-state index in [1.807, 2.05) is 26.0 Å². The maximum atomic E-state index is 11.6. The molecular formula is C16H20O3. The van der Waals surface area contributed by atoms with E-state index in [0.29, 0.717) is 12.4 Å². The minimum Gasteiger partial charge on any atom is -0.487 e. The van der Waals surface area contributed by atoms with Gasteiger partial charge in [-0.1, -0.05) is 23.8 Å². The lowest BCUT2D eigenvalue weighted by Gasteiger charge is -2.34. The standard InChI is InChI=1S/C16H20O3/c1-5-18-15(17)9-14-13-7-6-11(2)8-12(13)10-16(3,4)19-14/h6-9H,5,10H2,1-4H3/b14-9+. The highest BCUT2D eigenvalue weighted by Crippen LogP contribution is 2.35. The summed E-state index contributed by atoms with van der Waals surface area (Å²) in [5, 5.41) is 0. The lowest BCUT2D eigenvalue weighted by atomic mass is 9.89. The Morgan fingerprint density at radius 2 is 2.21 bits per heavy atom. The van der Waals surface area contributed by atoms with Crippen LogP contribution in [-0.2, 0) is 20.7 Å². The van der Waals surface area contributed by atoms with Gasteiger partial charge in [0.2, 0.25) is 0 Å². The normalized spacial score (nSPS) is 18.6. The first-order valence-corrected chi connectivity index (χ1v) is 6.58. The smallest absolute Gasteiger partial charge is 0.334 e. The van der Waals surface area contributed by atoms with Gasteiger partial charge in [0.1, 0.15) is 11.4 Å². The predicted molar refractivity (Wildman–Crippen MR) is 74.7 cm³/mol. The number of rotatable bonds is 2. The van der Waals surface area contributed by atoms with Crippen molar-refractivity contribution >= 4 is 11.7 Å². The Hall–Kier alpha value is -1.77. The lowest BCUT2D eigenvalue weighted by Crippen LogP contribution is -2.31. The summed E-state index contributed by atoms with van der Waals surface area (Å²) in [5.74, 6) is 0.242. The van der Waals surface area contributed by atoms with Crippen molar-refractivity contribution in [1.29, 1.82) is 0 Å². The van der Waals surface area contributed by atoms with Crippen LogP contribution in [0.4, 0.5) is 0 Å². The summed E-state index contributed by atoms with van der Waals surface area (Å²) in [4.78, 5) is 11.6. The van der Waals surface area contributed by atoms with Gasteiger partial charge in [-0.25, -0.2) is 4.79 Å². The van der Waals surface area contributed by atoms with Crippen LogP contribution in [0.3, 0.4) is 0 Å². The van der Waals surface area contributed by atoms with E-state index in [-0.39, 0.29) is 11.6 Å². The predicted octanol–water partition coefficient (Wildman–Crippen LogP) is 3.25. The van der Waals surface area contributed by atoms with E-state index < -0.39 is 0 Å². The maximum Gasteiger partial charge on any atom is 0.334 e. The SMILES string of the molecule is CCOC(=O)/C=C1/OC(C)(C)Cc2cc(C)ccc21. The number of carbonyl (C=O) groups is 1. The molecule has 1 aliphatic heterocycles. The molecule has 0 saturated carbocycles. The molecule has 1 heterocycles. The fraction of sp³-hybridized carbons (Fsp3) is 0.438. The van der Waals surface area contributed by atoms with Crippen molar-refractivity contribution in [2.45, 2.75) is 39.7 Å². The number of hydrogen-bond acceptors (Lipinski definition) is 3. The quantitative estimate of drug-likeness (QED) is 0.605. The third-order valence-corrected chi connectivity index (χ3v) is 3.06. The van der Waals surface area contributed by atoms with Crippen LogP contribution in [0.2, 0.25) is 0 Å². The second-order valence-corrected chi connectivity index (χ2v) is 5.46. The van der Waals surface area contributed by atoms with Crippen molar-refractivity contribution < 1.29 is 14.3 Å². The topological polar surface area (TPSA) is 35.5 Å².